The Kier molecular flexibility index (Phi) is 7.30. The van der Waals surface area contributed by atoms with Crippen molar-refractivity contribution >= 4 is 21.8 Å². The highest BCUT2D eigenvalue weighted by molar-refractivity contribution is 7.88. The van der Waals surface area contributed by atoms with Gasteiger partial charge in [-0.3, -0.25) is 9.59 Å². The van der Waals surface area contributed by atoms with Gasteiger partial charge in [0, 0.05) is 12.1 Å². The maximum Gasteiger partial charge on any atom is 0.349 e. The van der Waals surface area contributed by atoms with E-state index in [0.29, 0.717) is 24.0 Å². The molecule has 0 aliphatic heterocycles. The molecule has 1 unspecified atom stereocenters. The lowest BCUT2D eigenvalue weighted by molar-refractivity contribution is -0.161. The van der Waals surface area contributed by atoms with Gasteiger partial charge in [0.15, 0.2) is 0 Å². The number of benzene rings is 1. The van der Waals surface area contributed by atoms with Crippen LogP contribution in [0, 0.1) is 0 Å². The third kappa shape index (κ3) is 6.72. The van der Waals surface area contributed by atoms with Gasteiger partial charge in [0.25, 0.3) is 5.91 Å². The van der Waals surface area contributed by atoms with Crippen molar-refractivity contribution in [2.75, 3.05) is 0 Å². The number of hydrogen-bond acceptors (Lipinski definition) is 5. The van der Waals surface area contributed by atoms with Crippen molar-refractivity contribution in [1.29, 1.82) is 0 Å². The number of alkyl halides is 2. The van der Waals surface area contributed by atoms with E-state index in [1.807, 2.05) is 0 Å². The van der Waals surface area contributed by atoms with E-state index in [-0.39, 0.29) is 30.5 Å². The van der Waals surface area contributed by atoms with E-state index < -0.39 is 34.0 Å². The SMILES string of the molecule is CC(O)C(F)(F)C(=O)N[C@@H]1CC[C@H](NC(=O)Cc2ccccc2CS(N)(=O)=O)C1. The number of aliphatic hydroxyl groups is 1. The standard InChI is InChI=1S/C18H25F2N3O5S/c1-11(24)18(19,20)17(26)23-15-7-6-14(9-15)22-16(25)8-12-4-2-3-5-13(12)10-29(21,27)28/h2-5,11,14-15,24H,6-10H2,1H3,(H,22,25)(H,23,26)(H2,21,27,28)/t11?,14-,15+/m0/s1. The van der Waals surface area contributed by atoms with E-state index in [4.69, 9.17) is 10.2 Å². The normalized spacial score (nSPS) is 20.9. The van der Waals surface area contributed by atoms with Gasteiger partial charge in [-0.2, -0.15) is 8.78 Å². The number of carbonyl (C=O) groups excluding carboxylic acids is 2. The van der Waals surface area contributed by atoms with Gasteiger partial charge in [-0.25, -0.2) is 13.6 Å². The van der Waals surface area contributed by atoms with E-state index in [2.05, 4.69) is 10.6 Å². The Balaban J connectivity index is 1.90. The van der Waals surface area contributed by atoms with Gasteiger partial charge in [0.2, 0.25) is 15.9 Å². The maximum atomic E-state index is 13.5. The minimum absolute atomic E-state index is 0.0562. The second-order valence-corrected chi connectivity index (χ2v) is 8.91. The molecule has 1 fully saturated rings. The number of nitrogens with one attached hydrogen (secondary N) is 2. The summed E-state index contributed by atoms with van der Waals surface area (Å²) in [5.74, 6) is -6.15. The highest BCUT2D eigenvalue weighted by Crippen LogP contribution is 2.23. The van der Waals surface area contributed by atoms with Crippen LogP contribution in [0.15, 0.2) is 24.3 Å². The van der Waals surface area contributed by atoms with Crippen LogP contribution in [0.4, 0.5) is 8.78 Å². The topological polar surface area (TPSA) is 139 Å². The van der Waals surface area contributed by atoms with Crippen LogP contribution in [0.2, 0.25) is 0 Å². The summed E-state index contributed by atoms with van der Waals surface area (Å²) in [5.41, 5.74) is 0.959. The molecule has 1 aromatic rings. The first-order chi connectivity index (χ1) is 13.4. The third-order valence-corrected chi connectivity index (χ3v) is 5.50. The Labute approximate surface area is 167 Å². The van der Waals surface area contributed by atoms with Gasteiger partial charge in [-0.15, -0.1) is 0 Å². The first-order valence-electron chi connectivity index (χ1n) is 9.12. The molecule has 0 heterocycles. The van der Waals surface area contributed by atoms with Gasteiger partial charge in [0.05, 0.1) is 12.2 Å². The molecule has 3 atom stereocenters. The van der Waals surface area contributed by atoms with Crippen LogP contribution in [0.5, 0.6) is 0 Å². The van der Waals surface area contributed by atoms with E-state index in [9.17, 15) is 26.8 Å². The van der Waals surface area contributed by atoms with E-state index in [0.717, 1.165) is 6.92 Å². The smallest absolute Gasteiger partial charge is 0.349 e. The Bertz CT molecular complexity index is 861. The summed E-state index contributed by atoms with van der Waals surface area (Å²) in [6.07, 6.45) is -0.965. The predicted molar refractivity (Wildman–Crippen MR) is 101 cm³/mol. The van der Waals surface area contributed by atoms with Crippen LogP contribution >= 0.6 is 0 Å². The number of sulfonamides is 1. The lowest BCUT2D eigenvalue weighted by Gasteiger charge is -2.21. The molecule has 0 spiro atoms. The number of hydrogen-bond donors (Lipinski definition) is 4. The second-order valence-electron chi connectivity index (χ2n) is 7.30. The molecule has 162 valence electrons. The zero-order valence-corrected chi connectivity index (χ0v) is 16.7. The Morgan fingerprint density at radius 3 is 2.31 bits per heavy atom. The van der Waals surface area contributed by atoms with Gasteiger partial charge in [0.1, 0.15) is 6.10 Å². The van der Waals surface area contributed by atoms with Crippen LogP contribution in [0.3, 0.4) is 0 Å². The first kappa shape index (κ1) is 23.2. The molecule has 1 aromatic carbocycles. The van der Waals surface area contributed by atoms with Gasteiger partial charge in [-0.1, -0.05) is 24.3 Å². The number of carbonyl (C=O) groups is 2. The average Bonchev–Trinajstić information content (AvgIpc) is 3.01. The van der Waals surface area contributed by atoms with E-state index >= 15 is 0 Å². The molecule has 29 heavy (non-hydrogen) atoms. The summed E-state index contributed by atoms with van der Waals surface area (Å²) in [7, 11) is -3.75. The monoisotopic (exact) mass is 433 g/mol. The Morgan fingerprint density at radius 2 is 1.76 bits per heavy atom. The Morgan fingerprint density at radius 1 is 1.21 bits per heavy atom. The van der Waals surface area contributed by atoms with Crippen molar-refractivity contribution in [3.05, 3.63) is 35.4 Å². The number of amides is 2. The third-order valence-electron chi connectivity index (χ3n) is 4.79. The van der Waals surface area contributed by atoms with Crippen molar-refractivity contribution in [3.63, 3.8) is 0 Å². The molecular weight excluding hydrogens is 408 g/mol. The molecule has 8 nitrogen and oxygen atoms in total. The summed E-state index contributed by atoms with van der Waals surface area (Å²) >= 11 is 0. The average molecular weight is 433 g/mol. The number of primary sulfonamides is 1. The fraction of sp³-hybridized carbons (Fsp3) is 0.556. The van der Waals surface area contributed by atoms with Crippen molar-refractivity contribution in [1.82, 2.24) is 10.6 Å². The molecule has 2 amide bonds. The van der Waals surface area contributed by atoms with Gasteiger partial charge >= 0.3 is 5.92 Å². The molecule has 0 radical (unpaired) electrons. The fourth-order valence-corrected chi connectivity index (χ4v) is 3.97. The molecule has 5 N–H and O–H groups in total. The molecule has 1 saturated carbocycles. The fourth-order valence-electron chi connectivity index (χ4n) is 3.25. The zero-order valence-electron chi connectivity index (χ0n) is 15.9. The molecule has 0 saturated heterocycles. The molecule has 0 bridgehead atoms. The molecule has 1 aliphatic carbocycles. The zero-order chi connectivity index (χ0) is 21.8. The summed E-state index contributed by atoms with van der Waals surface area (Å²) in [6, 6.07) is 5.70. The molecule has 0 aromatic heterocycles. The number of rotatable bonds is 8. The van der Waals surface area contributed by atoms with Crippen LogP contribution in [0.1, 0.15) is 37.3 Å². The summed E-state index contributed by atoms with van der Waals surface area (Å²) in [6.45, 7) is 0.838. The molecule has 11 heteroatoms. The van der Waals surface area contributed by atoms with Crippen LogP contribution in [-0.4, -0.2) is 49.4 Å². The van der Waals surface area contributed by atoms with Crippen LogP contribution in [0.25, 0.3) is 0 Å². The minimum Gasteiger partial charge on any atom is -0.387 e. The highest BCUT2D eigenvalue weighted by atomic mass is 32.2. The van der Waals surface area contributed by atoms with Crippen LogP contribution in [-0.2, 0) is 31.8 Å². The number of aliphatic hydroxyl groups excluding tert-OH is 1. The lowest BCUT2D eigenvalue weighted by Crippen LogP contribution is -2.50. The summed E-state index contributed by atoms with van der Waals surface area (Å²) < 4.78 is 49.7. The van der Waals surface area contributed by atoms with Gasteiger partial charge < -0.3 is 15.7 Å². The van der Waals surface area contributed by atoms with Crippen molar-refractivity contribution in [2.45, 2.75) is 62.5 Å². The molecule has 2 rings (SSSR count). The van der Waals surface area contributed by atoms with E-state index in [1.165, 1.54) is 0 Å². The first-order valence-corrected chi connectivity index (χ1v) is 10.8. The quantitative estimate of drug-likeness (QED) is 0.464. The minimum atomic E-state index is -3.88. The summed E-state index contributed by atoms with van der Waals surface area (Å²) in [4.78, 5) is 23.9. The molecular formula is C18H25F2N3O5S. The van der Waals surface area contributed by atoms with Crippen molar-refractivity contribution in [2.24, 2.45) is 5.14 Å². The second kappa shape index (κ2) is 9.14. The van der Waals surface area contributed by atoms with Crippen molar-refractivity contribution < 1.29 is 31.9 Å². The van der Waals surface area contributed by atoms with Crippen LogP contribution < -0.4 is 15.8 Å². The summed E-state index contributed by atoms with van der Waals surface area (Å²) in [5, 5.41) is 19.1. The number of halogens is 2. The lowest BCUT2D eigenvalue weighted by atomic mass is 10.1. The largest absolute Gasteiger partial charge is 0.387 e. The van der Waals surface area contributed by atoms with Crippen molar-refractivity contribution in [3.8, 4) is 0 Å². The number of nitrogens with two attached hydrogens (primary N) is 1. The predicted octanol–water partition coefficient (Wildman–Crippen LogP) is 0.187. The maximum absolute atomic E-state index is 13.5. The molecule has 1 aliphatic rings. The highest BCUT2D eigenvalue weighted by Gasteiger charge is 2.45. The Hall–Kier alpha value is -2.11. The van der Waals surface area contributed by atoms with E-state index in [1.54, 1.807) is 24.3 Å². The van der Waals surface area contributed by atoms with Gasteiger partial charge in [-0.05, 0) is 37.3 Å².